The van der Waals surface area contributed by atoms with E-state index in [2.05, 4.69) is 63.7 Å². The molecule has 0 unspecified atom stereocenters. The molecule has 34 heavy (non-hydrogen) atoms. The Morgan fingerprint density at radius 3 is 2.56 bits per heavy atom. The predicted octanol–water partition coefficient (Wildman–Crippen LogP) is 6.25. The first-order valence-corrected chi connectivity index (χ1v) is 11.8. The zero-order chi connectivity index (χ0) is 23.8. The van der Waals surface area contributed by atoms with Crippen LogP contribution in [-0.4, -0.2) is 20.9 Å². The van der Waals surface area contributed by atoms with Crippen molar-refractivity contribution >= 4 is 61.2 Å². The zero-order valence-corrected chi connectivity index (χ0v) is 19.9. The fourth-order valence-corrected chi connectivity index (χ4v) is 4.83. The number of amides is 1. The van der Waals surface area contributed by atoms with Crippen molar-refractivity contribution in [1.82, 2.24) is 15.0 Å². The molecule has 4 N–H and O–H groups in total. The maximum atomic E-state index is 13.2. The van der Waals surface area contributed by atoms with Crippen LogP contribution in [0.2, 0.25) is 0 Å². The largest absolute Gasteiger partial charge is 0.382 e. The van der Waals surface area contributed by atoms with Crippen LogP contribution in [0.25, 0.3) is 21.0 Å². The van der Waals surface area contributed by atoms with Crippen molar-refractivity contribution in [3.05, 3.63) is 77.1 Å². The molecule has 0 bridgehead atoms. The van der Waals surface area contributed by atoms with Crippen LogP contribution in [0.3, 0.4) is 0 Å². The van der Waals surface area contributed by atoms with E-state index in [4.69, 9.17) is 5.73 Å². The van der Waals surface area contributed by atoms with Gasteiger partial charge in [-0.2, -0.15) is 0 Å². The number of aryl methyl sites for hydroxylation is 1. The van der Waals surface area contributed by atoms with Crippen molar-refractivity contribution in [3.8, 4) is 0 Å². The normalized spacial score (nSPS) is 11.3. The maximum Gasteiger partial charge on any atom is 0.258 e. The molecule has 0 atom stereocenters. The molecule has 5 rings (SSSR count). The molecule has 170 valence electrons. The molecule has 0 aliphatic rings. The third-order valence-electron chi connectivity index (χ3n) is 5.86. The number of nitrogens with two attached hydrogens (primary N) is 1. The van der Waals surface area contributed by atoms with Gasteiger partial charge in [-0.25, -0.2) is 15.0 Å². The summed E-state index contributed by atoms with van der Waals surface area (Å²) in [5.74, 6) is 1.34. The Bertz CT molecular complexity index is 1520. The van der Waals surface area contributed by atoms with Gasteiger partial charge in [-0.15, -0.1) is 11.3 Å². The van der Waals surface area contributed by atoms with Gasteiger partial charge in [0, 0.05) is 28.0 Å². The lowest BCUT2D eigenvalue weighted by molar-refractivity contribution is 0.102. The number of thiophene rings is 1. The van der Waals surface area contributed by atoms with Gasteiger partial charge in [0.25, 0.3) is 5.91 Å². The zero-order valence-electron chi connectivity index (χ0n) is 19.1. The van der Waals surface area contributed by atoms with E-state index in [9.17, 15) is 4.79 Å². The van der Waals surface area contributed by atoms with Gasteiger partial charge in [-0.1, -0.05) is 38.1 Å². The molecule has 0 aliphatic heterocycles. The number of benzene rings is 2. The monoisotopic (exact) mass is 468 g/mol. The number of nitrogens with one attached hydrogen (secondary N) is 2. The fourth-order valence-electron chi connectivity index (χ4n) is 3.93. The summed E-state index contributed by atoms with van der Waals surface area (Å²) in [7, 11) is 0. The molecule has 2 aromatic carbocycles. The summed E-state index contributed by atoms with van der Waals surface area (Å²) < 4.78 is 0.710. The lowest BCUT2D eigenvalue weighted by atomic mass is 10.0. The first kappa shape index (κ1) is 21.8. The van der Waals surface area contributed by atoms with Crippen LogP contribution in [0.15, 0.2) is 60.4 Å². The van der Waals surface area contributed by atoms with E-state index in [1.165, 1.54) is 23.2 Å². The number of rotatable bonds is 5. The molecule has 3 heterocycles. The minimum Gasteiger partial charge on any atom is -0.382 e. The maximum absolute atomic E-state index is 13.2. The number of nitrogens with zero attached hydrogens (tertiary/aromatic N) is 3. The minimum atomic E-state index is -0.240. The Kier molecular flexibility index (Phi) is 5.59. The molecule has 8 heteroatoms. The summed E-state index contributed by atoms with van der Waals surface area (Å²) in [6, 6.07) is 14.3. The average molecular weight is 469 g/mol. The number of pyridine rings is 1. The number of anilines is 4. The summed E-state index contributed by atoms with van der Waals surface area (Å²) in [4.78, 5) is 26.1. The number of carbonyl (C=O) groups is 1. The molecule has 5 aromatic rings. The summed E-state index contributed by atoms with van der Waals surface area (Å²) in [6.45, 7) is 6.32. The Morgan fingerprint density at radius 1 is 1.00 bits per heavy atom. The molecule has 0 spiro atoms. The second-order valence-corrected chi connectivity index (χ2v) is 9.33. The van der Waals surface area contributed by atoms with Gasteiger partial charge in [-0.3, -0.25) is 4.79 Å². The van der Waals surface area contributed by atoms with Crippen molar-refractivity contribution in [2.75, 3.05) is 16.4 Å². The summed E-state index contributed by atoms with van der Waals surface area (Å²) in [5, 5.41) is 10.1. The number of hydrogen-bond acceptors (Lipinski definition) is 7. The number of aromatic nitrogens is 3. The Labute approximate surface area is 201 Å². The standard InChI is InChI=1S/C26H24N6OS/c1-14(2)16-5-7-17(8-6-16)31-25-19-9-4-15(3)21(18(19)10-11-28-25)32-26(33)20-12-34-23-22(20)29-13-30-24(23)27/h4-14H,1-3H3,(H,28,31)(H,32,33)(H2,27,29,30). The number of nitrogen functional groups attached to an aromatic ring is 1. The van der Waals surface area contributed by atoms with Crippen LogP contribution in [0.1, 0.15) is 41.3 Å². The SMILES string of the molecule is Cc1ccc2c(Nc3ccc(C(C)C)cc3)nccc2c1NC(=O)c1csc2c(N)ncnc12. The van der Waals surface area contributed by atoms with Crippen molar-refractivity contribution < 1.29 is 4.79 Å². The third kappa shape index (κ3) is 3.92. The van der Waals surface area contributed by atoms with Crippen LogP contribution < -0.4 is 16.4 Å². The molecule has 0 aliphatic carbocycles. The highest BCUT2D eigenvalue weighted by molar-refractivity contribution is 7.18. The molecule has 0 fully saturated rings. The highest BCUT2D eigenvalue weighted by atomic mass is 32.1. The van der Waals surface area contributed by atoms with E-state index in [0.29, 0.717) is 27.5 Å². The van der Waals surface area contributed by atoms with Gasteiger partial charge in [-0.05, 0) is 42.2 Å². The van der Waals surface area contributed by atoms with E-state index in [0.717, 1.165) is 33.5 Å². The molecule has 0 saturated carbocycles. The lowest BCUT2D eigenvalue weighted by Gasteiger charge is -2.15. The molecule has 1 amide bonds. The molecule has 0 radical (unpaired) electrons. The van der Waals surface area contributed by atoms with Gasteiger partial charge < -0.3 is 16.4 Å². The molecular weight excluding hydrogens is 444 g/mol. The minimum absolute atomic E-state index is 0.240. The first-order valence-electron chi connectivity index (χ1n) is 11.0. The number of hydrogen-bond donors (Lipinski definition) is 3. The van der Waals surface area contributed by atoms with Crippen LogP contribution in [0, 0.1) is 6.92 Å². The van der Waals surface area contributed by atoms with Crippen LogP contribution in [0.4, 0.5) is 23.0 Å². The van der Waals surface area contributed by atoms with Crippen LogP contribution >= 0.6 is 11.3 Å². The van der Waals surface area contributed by atoms with Crippen molar-refractivity contribution in [3.63, 3.8) is 0 Å². The van der Waals surface area contributed by atoms with E-state index >= 15 is 0 Å². The molecule has 7 nitrogen and oxygen atoms in total. The van der Waals surface area contributed by atoms with Gasteiger partial charge in [0.05, 0.1) is 21.5 Å². The first-order chi connectivity index (χ1) is 16.4. The van der Waals surface area contributed by atoms with Gasteiger partial charge >= 0.3 is 0 Å². The second-order valence-electron chi connectivity index (χ2n) is 8.45. The highest BCUT2D eigenvalue weighted by Crippen LogP contribution is 2.34. The van der Waals surface area contributed by atoms with Crippen molar-refractivity contribution in [2.45, 2.75) is 26.7 Å². The molecule has 3 aromatic heterocycles. The van der Waals surface area contributed by atoms with Crippen LogP contribution in [0.5, 0.6) is 0 Å². The van der Waals surface area contributed by atoms with E-state index < -0.39 is 0 Å². The summed E-state index contributed by atoms with van der Waals surface area (Å²) in [6.07, 6.45) is 3.12. The Morgan fingerprint density at radius 2 is 1.79 bits per heavy atom. The van der Waals surface area contributed by atoms with E-state index in [1.54, 1.807) is 11.6 Å². The highest BCUT2D eigenvalue weighted by Gasteiger charge is 2.18. The number of fused-ring (bicyclic) bond motifs is 2. The van der Waals surface area contributed by atoms with Gasteiger partial charge in [0.2, 0.25) is 0 Å². The number of carbonyl (C=O) groups excluding carboxylic acids is 1. The average Bonchev–Trinajstić information content (AvgIpc) is 3.27. The summed E-state index contributed by atoms with van der Waals surface area (Å²) >= 11 is 1.36. The van der Waals surface area contributed by atoms with Crippen LogP contribution in [-0.2, 0) is 0 Å². The molecule has 0 saturated heterocycles. The smallest absolute Gasteiger partial charge is 0.258 e. The lowest BCUT2D eigenvalue weighted by Crippen LogP contribution is -2.13. The summed E-state index contributed by atoms with van der Waals surface area (Å²) in [5.41, 5.74) is 10.9. The van der Waals surface area contributed by atoms with Crippen molar-refractivity contribution in [2.24, 2.45) is 0 Å². The molecular formula is C26H24N6OS. The third-order valence-corrected chi connectivity index (χ3v) is 6.85. The Balaban J connectivity index is 1.50. The van der Waals surface area contributed by atoms with E-state index in [1.807, 2.05) is 25.1 Å². The van der Waals surface area contributed by atoms with Gasteiger partial charge in [0.1, 0.15) is 18.0 Å². The quantitative estimate of drug-likeness (QED) is 0.281. The van der Waals surface area contributed by atoms with Crippen molar-refractivity contribution in [1.29, 1.82) is 0 Å². The van der Waals surface area contributed by atoms with E-state index in [-0.39, 0.29) is 5.91 Å². The topological polar surface area (TPSA) is 106 Å². The van der Waals surface area contributed by atoms with Gasteiger partial charge in [0.15, 0.2) is 0 Å². The fraction of sp³-hybridized carbons (Fsp3) is 0.154. The Hall–Kier alpha value is -4.04. The predicted molar refractivity (Wildman–Crippen MR) is 140 cm³/mol. The second kappa shape index (κ2) is 8.72.